The van der Waals surface area contributed by atoms with E-state index in [9.17, 15) is 14.4 Å². The first kappa shape index (κ1) is 35.8. The molecule has 0 bridgehead atoms. The first-order valence-electron chi connectivity index (χ1n) is 18.1. The summed E-state index contributed by atoms with van der Waals surface area (Å²) in [5.41, 5.74) is 1.83. The highest BCUT2D eigenvalue weighted by molar-refractivity contribution is 5.92. The predicted molar refractivity (Wildman–Crippen MR) is 186 cm³/mol. The standard InChI is InChI=1S/C40H54N2O6/c1-4-5-6-7-8-15-22-42-36-26-35(29-47-28-31-16-11-9-12-17-31)48-30(2)40(36,39(45)46-3)27-34(38(42)44)25-37(43)41-23-20-33(21-24-41)32-18-13-10-14-19-32/h9-14,16-19,26,30,33-35H,4-8,15,20-25,27-29H2,1-3H3/t30-,34+,35-,40+/m1/s1. The fourth-order valence-electron chi connectivity index (χ4n) is 7.83. The van der Waals surface area contributed by atoms with Crippen LogP contribution in [0.5, 0.6) is 0 Å². The Balaban J connectivity index is 1.33. The second-order valence-electron chi connectivity index (χ2n) is 13.8. The van der Waals surface area contributed by atoms with Gasteiger partial charge in [0, 0.05) is 37.7 Å². The molecule has 2 saturated heterocycles. The third-order valence-corrected chi connectivity index (χ3v) is 10.6. The fourth-order valence-corrected chi connectivity index (χ4v) is 7.83. The van der Waals surface area contributed by atoms with Crippen molar-refractivity contribution in [1.82, 2.24) is 9.80 Å². The van der Waals surface area contributed by atoms with E-state index in [-0.39, 0.29) is 24.7 Å². The van der Waals surface area contributed by atoms with E-state index in [2.05, 4.69) is 31.2 Å². The van der Waals surface area contributed by atoms with Crippen LogP contribution in [-0.4, -0.2) is 73.1 Å². The maximum absolute atomic E-state index is 14.4. The molecule has 8 nitrogen and oxygen atoms in total. The van der Waals surface area contributed by atoms with Crippen molar-refractivity contribution in [2.75, 3.05) is 33.4 Å². The molecule has 0 N–H and O–H groups in total. The molecule has 48 heavy (non-hydrogen) atoms. The molecule has 0 unspecified atom stereocenters. The van der Waals surface area contributed by atoms with E-state index in [1.807, 2.05) is 54.3 Å². The van der Waals surface area contributed by atoms with E-state index in [0.29, 0.717) is 44.5 Å². The highest BCUT2D eigenvalue weighted by atomic mass is 16.5. The normalized spacial score (nSPS) is 24.6. The van der Waals surface area contributed by atoms with E-state index in [4.69, 9.17) is 14.2 Å². The number of carbonyl (C=O) groups is 3. The lowest BCUT2D eigenvalue weighted by Crippen LogP contribution is -2.60. The van der Waals surface area contributed by atoms with Crippen LogP contribution in [0.25, 0.3) is 0 Å². The van der Waals surface area contributed by atoms with E-state index in [1.54, 1.807) is 4.90 Å². The smallest absolute Gasteiger partial charge is 0.320 e. The summed E-state index contributed by atoms with van der Waals surface area (Å²) in [6.45, 7) is 6.64. The minimum Gasteiger partial charge on any atom is -0.468 e. The number of nitrogens with zero attached hydrogens (tertiary/aromatic N) is 2. The van der Waals surface area contributed by atoms with Gasteiger partial charge in [0.05, 0.1) is 26.4 Å². The maximum atomic E-state index is 14.4. The molecule has 260 valence electrons. The Labute approximate surface area is 286 Å². The van der Waals surface area contributed by atoms with Gasteiger partial charge in [-0.1, -0.05) is 99.7 Å². The molecule has 0 aromatic heterocycles. The van der Waals surface area contributed by atoms with Crippen molar-refractivity contribution in [2.24, 2.45) is 11.3 Å². The zero-order valence-corrected chi connectivity index (χ0v) is 29.1. The SMILES string of the molecule is CCCCCCCCN1C(=O)[C@@H](CC(=O)N2CCC(c3ccccc3)CC2)C[C@@]2(C(=O)OC)C1=C[C@H](COCc1ccccc1)O[C@@H]2C. The van der Waals surface area contributed by atoms with Crippen LogP contribution in [0.1, 0.15) is 95.1 Å². The minimum absolute atomic E-state index is 0.0246. The summed E-state index contributed by atoms with van der Waals surface area (Å²) in [6.07, 6.45) is 9.42. The Hall–Kier alpha value is -3.49. The van der Waals surface area contributed by atoms with Crippen molar-refractivity contribution in [3.63, 3.8) is 0 Å². The van der Waals surface area contributed by atoms with Crippen molar-refractivity contribution in [3.8, 4) is 0 Å². The van der Waals surface area contributed by atoms with Crippen LogP contribution < -0.4 is 0 Å². The lowest BCUT2D eigenvalue weighted by Gasteiger charge is -2.51. The molecule has 3 heterocycles. The number of unbranched alkanes of at least 4 members (excludes halogenated alkanes) is 5. The van der Waals surface area contributed by atoms with E-state index < -0.39 is 29.5 Å². The molecule has 3 aliphatic heterocycles. The van der Waals surface area contributed by atoms with Gasteiger partial charge in [0.25, 0.3) is 0 Å². The lowest BCUT2D eigenvalue weighted by molar-refractivity contribution is -0.178. The van der Waals surface area contributed by atoms with Crippen molar-refractivity contribution in [2.45, 2.75) is 103 Å². The number of methoxy groups -OCH3 is 1. The molecule has 2 fully saturated rings. The summed E-state index contributed by atoms with van der Waals surface area (Å²) in [7, 11) is 1.39. The molecular formula is C40H54N2O6. The molecule has 3 aliphatic rings. The zero-order chi connectivity index (χ0) is 33.9. The van der Waals surface area contributed by atoms with E-state index >= 15 is 0 Å². The van der Waals surface area contributed by atoms with Crippen LogP contribution >= 0.6 is 0 Å². The maximum Gasteiger partial charge on any atom is 0.320 e. The number of piperidine rings is 2. The van der Waals surface area contributed by atoms with E-state index in [1.165, 1.54) is 31.9 Å². The zero-order valence-electron chi connectivity index (χ0n) is 29.1. The van der Waals surface area contributed by atoms with Gasteiger partial charge >= 0.3 is 5.97 Å². The van der Waals surface area contributed by atoms with Crippen molar-refractivity contribution < 1.29 is 28.6 Å². The van der Waals surface area contributed by atoms with Crippen LogP contribution in [0.4, 0.5) is 0 Å². The number of hydrogen-bond acceptors (Lipinski definition) is 6. The number of hydrogen-bond donors (Lipinski definition) is 0. The quantitative estimate of drug-likeness (QED) is 0.151. The first-order valence-corrected chi connectivity index (χ1v) is 18.1. The van der Waals surface area contributed by atoms with Gasteiger partial charge in [0.2, 0.25) is 11.8 Å². The molecule has 2 amide bonds. The summed E-state index contributed by atoms with van der Waals surface area (Å²) in [6, 6.07) is 20.4. The molecule has 0 radical (unpaired) electrons. The number of rotatable bonds is 15. The average Bonchev–Trinajstić information content (AvgIpc) is 3.12. The third-order valence-electron chi connectivity index (χ3n) is 10.6. The molecule has 2 aromatic rings. The van der Waals surface area contributed by atoms with Crippen molar-refractivity contribution in [1.29, 1.82) is 0 Å². The number of esters is 1. The summed E-state index contributed by atoms with van der Waals surface area (Å²) >= 11 is 0. The van der Waals surface area contributed by atoms with Gasteiger partial charge in [-0.05, 0) is 55.7 Å². The van der Waals surface area contributed by atoms with Gasteiger partial charge in [-0.2, -0.15) is 0 Å². The van der Waals surface area contributed by atoms with Crippen LogP contribution in [0.3, 0.4) is 0 Å². The Morgan fingerprint density at radius 2 is 1.60 bits per heavy atom. The molecule has 4 atom stereocenters. The Kier molecular flexibility index (Phi) is 12.9. The molecule has 0 spiro atoms. The van der Waals surface area contributed by atoms with Gasteiger partial charge in [-0.15, -0.1) is 0 Å². The van der Waals surface area contributed by atoms with Crippen LogP contribution in [-0.2, 0) is 35.2 Å². The number of carbonyl (C=O) groups excluding carboxylic acids is 3. The van der Waals surface area contributed by atoms with Crippen molar-refractivity contribution in [3.05, 3.63) is 83.6 Å². The van der Waals surface area contributed by atoms with Crippen LogP contribution in [0.15, 0.2) is 72.4 Å². The summed E-state index contributed by atoms with van der Waals surface area (Å²) < 4.78 is 18.0. The predicted octanol–water partition coefficient (Wildman–Crippen LogP) is 7.04. The summed E-state index contributed by atoms with van der Waals surface area (Å²) in [5, 5.41) is 0. The molecular weight excluding hydrogens is 604 g/mol. The Bertz CT molecular complexity index is 1370. The first-order chi connectivity index (χ1) is 23.4. The highest BCUT2D eigenvalue weighted by Crippen LogP contribution is 2.50. The summed E-state index contributed by atoms with van der Waals surface area (Å²) in [4.78, 5) is 45.7. The van der Waals surface area contributed by atoms with Crippen LogP contribution in [0.2, 0.25) is 0 Å². The number of amides is 2. The fraction of sp³-hybridized carbons (Fsp3) is 0.575. The largest absolute Gasteiger partial charge is 0.468 e. The third kappa shape index (κ3) is 8.38. The average molecular weight is 659 g/mol. The number of likely N-dealkylation sites (tertiary alicyclic amines) is 2. The van der Waals surface area contributed by atoms with E-state index in [0.717, 1.165) is 37.7 Å². The molecule has 2 aromatic carbocycles. The van der Waals surface area contributed by atoms with Crippen molar-refractivity contribution >= 4 is 17.8 Å². The lowest BCUT2D eigenvalue weighted by atomic mass is 9.66. The molecule has 5 rings (SSSR count). The molecule has 0 aliphatic carbocycles. The summed E-state index contributed by atoms with van der Waals surface area (Å²) in [5.74, 6) is -0.744. The number of benzene rings is 2. The Morgan fingerprint density at radius 1 is 0.938 bits per heavy atom. The monoisotopic (exact) mass is 658 g/mol. The van der Waals surface area contributed by atoms with Crippen LogP contribution in [0, 0.1) is 11.3 Å². The molecule has 8 heteroatoms. The number of ether oxygens (including phenoxy) is 3. The molecule has 0 saturated carbocycles. The minimum atomic E-state index is -1.19. The second-order valence-corrected chi connectivity index (χ2v) is 13.8. The van der Waals surface area contributed by atoms with Gasteiger partial charge in [-0.3, -0.25) is 14.4 Å². The van der Waals surface area contributed by atoms with Gasteiger partial charge < -0.3 is 24.0 Å². The van der Waals surface area contributed by atoms with Gasteiger partial charge in [0.1, 0.15) is 11.5 Å². The Morgan fingerprint density at radius 3 is 2.29 bits per heavy atom. The number of fused-ring (bicyclic) bond motifs is 1. The second kappa shape index (κ2) is 17.3. The van der Waals surface area contributed by atoms with Gasteiger partial charge in [0.15, 0.2) is 0 Å². The van der Waals surface area contributed by atoms with Gasteiger partial charge in [-0.25, -0.2) is 0 Å². The highest BCUT2D eigenvalue weighted by Gasteiger charge is 2.59. The topological polar surface area (TPSA) is 85.4 Å².